The summed E-state index contributed by atoms with van der Waals surface area (Å²) in [6.07, 6.45) is 0.826. The first kappa shape index (κ1) is 8.38. The van der Waals surface area contributed by atoms with E-state index in [1.807, 2.05) is 6.07 Å². The van der Waals surface area contributed by atoms with Crippen LogP contribution in [0.3, 0.4) is 0 Å². The second-order valence-electron chi connectivity index (χ2n) is 3.36. The molecule has 0 saturated heterocycles. The van der Waals surface area contributed by atoms with Crippen molar-refractivity contribution < 1.29 is 14.9 Å². The van der Waals surface area contributed by atoms with Gasteiger partial charge in [-0.15, -0.1) is 0 Å². The lowest BCUT2D eigenvalue weighted by atomic mass is 9.97. The zero-order chi connectivity index (χ0) is 9.26. The number of phenols is 1. The predicted molar refractivity (Wildman–Crippen MR) is 47.9 cm³/mol. The molecule has 13 heavy (non-hydrogen) atoms. The van der Waals surface area contributed by atoms with Crippen molar-refractivity contribution in [2.24, 2.45) is 5.92 Å². The van der Waals surface area contributed by atoms with Crippen molar-refractivity contribution in [1.82, 2.24) is 0 Å². The molecule has 0 aliphatic carbocycles. The summed E-state index contributed by atoms with van der Waals surface area (Å²) in [6, 6.07) is 5.09. The second-order valence-corrected chi connectivity index (χ2v) is 3.36. The van der Waals surface area contributed by atoms with Crippen molar-refractivity contribution in [1.29, 1.82) is 0 Å². The maximum absolute atomic E-state index is 9.18. The molecule has 0 aromatic heterocycles. The second kappa shape index (κ2) is 3.26. The summed E-state index contributed by atoms with van der Waals surface area (Å²) in [5.41, 5.74) is 1.06. The summed E-state index contributed by atoms with van der Waals surface area (Å²) >= 11 is 0. The van der Waals surface area contributed by atoms with Gasteiger partial charge in [0, 0.05) is 18.6 Å². The van der Waals surface area contributed by atoms with Gasteiger partial charge in [0.1, 0.15) is 11.5 Å². The highest BCUT2D eigenvalue weighted by molar-refractivity contribution is 5.41. The van der Waals surface area contributed by atoms with E-state index in [1.165, 1.54) is 0 Å². The molecule has 1 aromatic rings. The Balaban J connectivity index is 2.26. The van der Waals surface area contributed by atoms with Crippen LogP contribution in [0.2, 0.25) is 0 Å². The first-order valence-electron chi connectivity index (χ1n) is 4.35. The number of phenolic OH excluding ortho intramolecular Hbond substituents is 1. The predicted octanol–water partition coefficient (Wildman–Crippen LogP) is 0.936. The molecule has 0 spiro atoms. The first-order valence-corrected chi connectivity index (χ1v) is 4.35. The Labute approximate surface area is 76.6 Å². The van der Waals surface area contributed by atoms with E-state index < -0.39 is 0 Å². The molecule has 1 aliphatic heterocycles. The molecule has 2 N–H and O–H groups in total. The molecule has 70 valence electrons. The standard InChI is InChI=1S/C10H12O3/c11-5-7-3-8-1-2-9(12)4-10(8)13-6-7/h1-2,4,7,11-12H,3,5-6H2. The van der Waals surface area contributed by atoms with Crippen LogP contribution in [0.15, 0.2) is 18.2 Å². The Morgan fingerprint density at radius 2 is 2.31 bits per heavy atom. The fourth-order valence-electron chi connectivity index (χ4n) is 1.54. The van der Waals surface area contributed by atoms with Gasteiger partial charge >= 0.3 is 0 Å². The molecule has 3 nitrogen and oxygen atoms in total. The maximum Gasteiger partial charge on any atom is 0.126 e. The molecule has 3 heteroatoms. The Hall–Kier alpha value is -1.22. The SMILES string of the molecule is OCC1COc2cc(O)ccc2C1. The Morgan fingerprint density at radius 1 is 1.46 bits per heavy atom. The fourth-order valence-corrected chi connectivity index (χ4v) is 1.54. The number of hydrogen-bond donors (Lipinski definition) is 2. The van der Waals surface area contributed by atoms with Crippen LogP contribution in [-0.4, -0.2) is 23.4 Å². The lowest BCUT2D eigenvalue weighted by Gasteiger charge is -2.23. The number of aliphatic hydroxyl groups excluding tert-OH is 1. The van der Waals surface area contributed by atoms with Gasteiger partial charge in [-0.2, -0.15) is 0 Å². The largest absolute Gasteiger partial charge is 0.508 e. The molecule has 0 saturated carbocycles. The molecule has 1 heterocycles. The van der Waals surface area contributed by atoms with Crippen molar-refractivity contribution in [3.05, 3.63) is 23.8 Å². The average Bonchev–Trinajstić information content (AvgIpc) is 2.17. The van der Waals surface area contributed by atoms with Gasteiger partial charge in [-0.1, -0.05) is 6.07 Å². The maximum atomic E-state index is 9.18. The van der Waals surface area contributed by atoms with Crippen LogP contribution in [-0.2, 0) is 6.42 Å². The normalized spacial score (nSPS) is 20.5. The van der Waals surface area contributed by atoms with E-state index in [4.69, 9.17) is 9.84 Å². The summed E-state index contributed by atoms with van der Waals surface area (Å²) in [4.78, 5) is 0. The molecular weight excluding hydrogens is 168 g/mol. The first-order chi connectivity index (χ1) is 6.29. The van der Waals surface area contributed by atoms with E-state index in [2.05, 4.69) is 0 Å². The minimum Gasteiger partial charge on any atom is -0.508 e. The lowest BCUT2D eigenvalue weighted by molar-refractivity contribution is 0.146. The number of benzene rings is 1. The minimum atomic E-state index is 0.153. The highest BCUT2D eigenvalue weighted by Crippen LogP contribution is 2.30. The molecule has 0 fully saturated rings. The van der Waals surface area contributed by atoms with Gasteiger partial charge in [0.05, 0.1) is 6.61 Å². The molecular formula is C10H12O3. The molecule has 0 radical (unpaired) electrons. The topological polar surface area (TPSA) is 49.7 Å². The molecule has 1 aliphatic rings. The van der Waals surface area contributed by atoms with Crippen LogP contribution in [0.1, 0.15) is 5.56 Å². The van der Waals surface area contributed by atoms with E-state index in [1.54, 1.807) is 12.1 Å². The summed E-state index contributed by atoms with van der Waals surface area (Å²) in [5.74, 6) is 1.16. The van der Waals surface area contributed by atoms with E-state index in [0.29, 0.717) is 6.61 Å². The molecule has 1 unspecified atom stereocenters. The van der Waals surface area contributed by atoms with Crippen molar-refractivity contribution in [2.45, 2.75) is 6.42 Å². The van der Waals surface area contributed by atoms with E-state index in [9.17, 15) is 5.11 Å². The zero-order valence-electron chi connectivity index (χ0n) is 7.23. The third-order valence-electron chi connectivity index (χ3n) is 2.29. The highest BCUT2D eigenvalue weighted by Gasteiger charge is 2.18. The number of rotatable bonds is 1. The summed E-state index contributed by atoms with van der Waals surface area (Å²) in [6.45, 7) is 0.688. The van der Waals surface area contributed by atoms with Crippen LogP contribution in [0.5, 0.6) is 11.5 Å². The minimum absolute atomic E-state index is 0.153. The van der Waals surface area contributed by atoms with Crippen LogP contribution < -0.4 is 4.74 Å². The molecule has 0 amide bonds. The van der Waals surface area contributed by atoms with Crippen molar-refractivity contribution >= 4 is 0 Å². The number of fused-ring (bicyclic) bond motifs is 1. The highest BCUT2D eigenvalue weighted by atomic mass is 16.5. The van der Waals surface area contributed by atoms with Crippen molar-refractivity contribution in [2.75, 3.05) is 13.2 Å². The Bertz CT molecular complexity index is 309. The van der Waals surface area contributed by atoms with Gasteiger partial charge < -0.3 is 14.9 Å². The summed E-state index contributed by atoms with van der Waals surface area (Å²) < 4.78 is 5.39. The summed E-state index contributed by atoms with van der Waals surface area (Å²) in [5, 5.41) is 18.1. The van der Waals surface area contributed by atoms with Gasteiger partial charge in [-0.25, -0.2) is 0 Å². The smallest absolute Gasteiger partial charge is 0.126 e. The van der Waals surface area contributed by atoms with Gasteiger partial charge in [0.15, 0.2) is 0 Å². The van der Waals surface area contributed by atoms with Crippen LogP contribution >= 0.6 is 0 Å². The average molecular weight is 180 g/mol. The van der Waals surface area contributed by atoms with E-state index >= 15 is 0 Å². The van der Waals surface area contributed by atoms with Crippen molar-refractivity contribution in [3.63, 3.8) is 0 Å². The summed E-state index contributed by atoms with van der Waals surface area (Å²) in [7, 11) is 0. The van der Waals surface area contributed by atoms with E-state index in [0.717, 1.165) is 17.7 Å². The quantitative estimate of drug-likeness (QED) is 0.676. The molecule has 1 aromatic carbocycles. The number of ether oxygens (including phenoxy) is 1. The number of hydrogen-bond acceptors (Lipinski definition) is 3. The van der Waals surface area contributed by atoms with Gasteiger partial charge in [-0.3, -0.25) is 0 Å². The lowest BCUT2D eigenvalue weighted by Crippen LogP contribution is -2.23. The van der Waals surface area contributed by atoms with Crippen LogP contribution in [0.4, 0.5) is 0 Å². The molecule has 0 bridgehead atoms. The van der Waals surface area contributed by atoms with Gasteiger partial charge in [0.25, 0.3) is 0 Å². The van der Waals surface area contributed by atoms with Gasteiger partial charge in [0.2, 0.25) is 0 Å². The molecule has 1 atom stereocenters. The monoisotopic (exact) mass is 180 g/mol. The van der Waals surface area contributed by atoms with Crippen LogP contribution in [0, 0.1) is 5.92 Å². The Morgan fingerprint density at radius 3 is 3.08 bits per heavy atom. The van der Waals surface area contributed by atoms with Gasteiger partial charge in [-0.05, 0) is 18.1 Å². The number of aliphatic hydroxyl groups is 1. The third-order valence-corrected chi connectivity index (χ3v) is 2.29. The number of aromatic hydroxyl groups is 1. The van der Waals surface area contributed by atoms with Crippen LogP contribution in [0.25, 0.3) is 0 Å². The Kier molecular flexibility index (Phi) is 2.10. The fraction of sp³-hybridized carbons (Fsp3) is 0.400. The molecule has 2 rings (SSSR count). The third kappa shape index (κ3) is 1.60. The van der Waals surface area contributed by atoms with Crippen molar-refractivity contribution in [3.8, 4) is 11.5 Å². The zero-order valence-corrected chi connectivity index (χ0v) is 7.23. The van der Waals surface area contributed by atoms with E-state index in [-0.39, 0.29) is 18.3 Å².